The van der Waals surface area contributed by atoms with Crippen molar-refractivity contribution in [3.63, 3.8) is 0 Å². The average Bonchev–Trinajstić information content (AvgIpc) is 3.12. The number of carbonyl (C=O) groups is 1. The summed E-state index contributed by atoms with van der Waals surface area (Å²) >= 11 is 0. The second-order valence-electron chi connectivity index (χ2n) is 6.70. The molecule has 3 rings (SSSR count). The molecule has 29 heavy (non-hydrogen) atoms. The first-order chi connectivity index (χ1) is 13.7. The van der Waals surface area contributed by atoms with E-state index in [1.807, 2.05) is 18.2 Å². The lowest BCUT2D eigenvalue weighted by Gasteiger charge is -2.21. The van der Waals surface area contributed by atoms with Crippen LogP contribution in [0, 0.1) is 0 Å². The summed E-state index contributed by atoms with van der Waals surface area (Å²) < 4.78 is 36.1. The lowest BCUT2D eigenvalue weighted by Crippen LogP contribution is -2.24. The molecule has 1 heterocycles. The summed E-state index contributed by atoms with van der Waals surface area (Å²) in [4.78, 5) is 12.2. The number of nitrogens with zero attached hydrogens (tertiary/aromatic N) is 2. The molecule has 0 bridgehead atoms. The predicted octanol–water partition coefficient (Wildman–Crippen LogP) is 2.77. The zero-order valence-electron chi connectivity index (χ0n) is 16.7. The monoisotopic (exact) mass is 417 g/mol. The van der Waals surface area contributed by atoms with E-state index < -0.39 is 10.0 Å². The van der Waals surface area contributed by atoms with Crippen molar-refractivity contribution in [1.29, 1.82) is 0 Å². The molecule has 0 unspecified atom stereocenters. The van der Waals surface area contributed by atoms with E-state index in [1.54, 1.807) is 38.5 Å². The summed E-state index contributed by atoms with van der Waals surface area (Å²) in [5.41, 5.74) is 2.74. The third-order valence-corrected chi connectivity index (χ3v) is 5.13. The highest BCUT2D eigenvalue weighted by atomic mass is 32.2. The molecule has 154 valence electrons. The van der Waals surface area contributed by atoms with Gasteiger partial charge in [0.05, 0.1) is 32.2 Å². The van der Waals surface area contributed by atoms with Crippen molar-refractivity contribution in [3.8, 4) is 11.5 Å². The molecule has 1 aliphatic rings. The van der Waals surface area contributed by atoms with E-state index in [1.165, 1.54) is 11.9 Å². The van der Waals surface area contributed by atoms with Gasteiger partial charge in [-0.2, -0.15) is 5.10 Å². The van der Waals surface area contributed by atoms with E-state index in [0.29, 0.717) is 29.3 Å². The van der Waals surface area contributed by atoms with Gasteiger partial charge in [0, 0.05) is 19.0 Å². The number of sulfonamides is 1. The van der Waals surface area contributed by atoms with Gasteiger partial charge in [-0.25, -0.2) is 13.4 Å². The van der Waals surface area contributed by atoms with Gasteiger partial charge in [0.25, 0.3) is 0 Å². The van der Waals surface area contributed by atoms with Crippen molar-refractivity contribution < 1.29 is 22.7 Å². The van der Waals surface area contributed by atoms with Gasteiger partial charge in [-0.1, -0.05) is 18.2 Å². The predicted molar refractivity (Wildman–Crippen MR) is 111 cm³/mol. The Morgan fingerprint density at radius 2 is 1.86 bits per heavy atom. The van der Waals surface area contributed by atoms with E-state index in [0.717, 1.165) is 17.4 Å². The lowest BCUT2D eigenvalue weighted by atomic mass is 9.98. The number of benzene rings is 2. The molecule has 0 spiro atoms. The number of carbonyl (C=O) groups excluding carboxylic acids is 1. The highest BCUT2D eigenvalue weighted by molar-refractivity contribution is 7.92. The number of ether oxygens (including phenoxy) is 2. The summed E-state index contributed by atoms with van der Waals surface area (Å²) in [7, 11) is -0.270. The third-order valence-electron chi connectivity index (χ3n) is 4.52. The molecule has 1 atom stereocenters. The number of hydrogen-bond acceptors (Lipinski definition) is 6. The van der Waals surface area contributed by atoms with Gasteiger partial charge < -0.3 is 9.47 Å². The van der Waals surface area contributed by atoms with Crippen LogP contribution in [0.2, 0.25) is 0 Å². The number of nitrogens with one attached hydrogen (secondary N) is 1. The normalized spacial score (nSPS) is 16.3. The maximum absolute atomic E-state index is 12.2. The largest absolute Gasteiger partial charge is 0.493 e. The van der Waals surface area contributed by atoms with E-state index in [4.69, 9.17) is 9.47 Å². The van der Waals surface area contributed by atoms with Crippen LogP contribution in [0.25, 0.3) is 0 Å². The number of amides is 1. The lowest BCUT2D eigenvalue weighted by molar-refractivity contribution is -0.130. The Balaban J connectivity index is 1.94. The first-order valence-corrected chi connectivity index (χ1v) is 10.8. The Kier molecular flexibility index (Phi) is 5.78. The summed E-state index contributed by atoms with van der Waals surface area (Å²) in [6.07, 6.45) is 1.58. The fourth-order valence-electron chi connectivity index (χ4n) is 3.27. The third kappa shape index (κ3) is 4.68. The molecule has 0 aliphatic carbocycles. The van der Waals surface area contributed by atoms with Crippen molar-refractivity contribution in [2.75, 3.05) is 25.2 Å². The second kappa shape index (κ2) is 8.12. The topological polar surface area (TPSA) is 97.3 Å². The highest BCUT2D eigenvalue weighted by Gasteiger charge is 2.32. The molecule has 2 aromatic carbocycles. The fraction of sp³-hybridized carbons (Fsp3) is 0.300. The molecule has 1 amide bonds. The maximum Gasteiger partial charge on any atom is 0.240 e. The minimum absolute atomic E-state index is 0.190. The Labute approximate surface area is 170 Å². The molecule has 2 aromatic rings. The summed E-state index contributed by atoms with van der Waals surface area (Å²) in [6, 6.07) is 12.1. The van der Waals surface area contributed by atoms with Crippen LogP contribution in [0.1, 0.15) is 30.5 Å². The first kappa shape index (κ1) is 20.7. The van der Waals surface area contributed by atoms with Crippen molar-refractivity contribution >= 4 is 27.3 Å². The summed E-state index contributed by atoms with van der Waals surface area (Å²) in [5, 5.41) is 5.94. The number of rotatable bonds is 6. The summed E-state index contributed by atoms with van der Waals surface area (Å²) in [6.45, 7) is 1.46. The van der Waals surface area contributed by atoms with Crippen molar-refractivity contribution in [2.45, 2.75) is 19.4 Å². The van der Waals surface area contributed by atoms with Crippen LogP contribution < -0.4 is 14.2 Å². The SMILES string of the molecule is COc1ccc([C@@H]2CC(c3cccc(NS(C)(=O)=O)c3)=NN2C(C)=O)cc1OC. The Bertz CT molecular complexity index is 1070. The fourth-order valence-corrected chi connectivity index (χ4v) is 3.83. The van der Waals surface area contributed by atoms with Gasteiger partial charge in [-0.05, 0) is 35.4 Å². The quantitative estimate of drug-likeness (QED) is 0.779. The molecule has 8 nitrogen and oxygen atoms in total. The molecule has 0 saturated carbocycles. The second-order valence-corrected chi connectivity index (χ2v) is 8.45. The van der Waals surface area contributed by atoms with Crippen LogP contribution in [-0.4, -0.2) is 45.5 Å². The van der Waals surface area contributed by atoms with Crippen LogP contribution in [0.4, 0.5) is 5.69 Å². The molecule has 1 N–H and O–H groups in total. The van der Waals surface area contributed by atoms with E-state index in [2.05, 4.69) is 9.82 Å². The van der Waals surface area contributed by atoms with Gasteiger partial charge in [-0.15, -0.1) is 0 Å². The van der Waals surface area contributed by atoms with Crippen molar-refractivity contribution in [2.24, 2.45) is 5.10 Å². The van der Waals surface area contributed by atoms with Gasteiger partial charge in [0.2, 0.25) is 15.9 Å². The number of anilines is 1. The van der Waals surface area contributed by atoms with Crippen molar-refractivity contribution in [3.05, 3.63) is 53.6 Å². The Morgan fingerprint density at radius 1 is 1.14 bits per heavy atom. The minimum atomic E-state index is -3.39. The molecule has 1 aliphatic heterocycles. The van der Waals surface area contributed by atoms with Crippen LogP contribution in [0.15, 0.2) is 47.6 Å². The average molecular weight is 417 g/mol. The summed E-state index contributed by atoms with van der Waals surface area (Å²) in [5.74, 6) is 0.982. The Hall–Kier alpha value is -3.07. The van der Waals surface area contributed by atoms with Crippen LogP contribution in [0.3, 0.4) is 0 Å². The van der Waals surface area contributed by atoms with E-state index >= 15 is 0 Å². The van der Waals surface area contributed by atoms with Crippen LogP contribution >= 0.6 is 0 Å². The molecular formula is C20H23N3O5S. The van der Waals surface area contributed by atoms with Crippen LogP contribution in [0.5, 0.6) is 11.5 Å². The first-order valence-electron chi connectivity index (χ1n) is 8.89. The molecule has 0 fully saturated rings. The zero-order valence-corrected chi connectivity index (χ0v) is 17.5. The molecule has 0 radical (unpaired) electrons. The van der Waals surface area contributed by atoms with Gasteiger partial charge in [0.15, 0.2) is 11.5 Å². The maximum atomic E-state index is 12.2. The standard InChI is InChI=1S/C20H23N3O5S/c1-13(24)23-18(15-8-9-19(27-2)20(11-15)28-3)12-17(21-23)14-6-5-7-16(10-14)22-29(4,25)26/h5-11,18,22H,12H2,1-4H3/t18-/m0/s1. The van der Waals surface area contributed by atoms with Gasteiger partial charge in [-0.3, -0.25) is 9.52 Å². The number of hydrogen-bond donors (Lipinski definition) is 1. The molecule has 9 heteroatoms. The van der Waals surface area contributed by atoms with Gasteiger partial charge in [0.1, 0.15) is 0 Å². The highest BCUT2D eigenvalue weighted by Crippen LogP contribution is 2.37. The van der Waals surface area contributed by atoms with Crippen LogP contribution in [-0.2, 0) is 14.8 Å². The number of methoxy groups -OCH3 is 2. The van der Waals surface area contributed by atoms with Gasteiger partial charge >= 0.3 is 0 Å². The molecule has 0 saturated heterocycles. The smallest absolute Gasteiger partial charge is 0.240 e. The molecule has 0 aromatic heterocycles. The van der Waals surface area contributed by atoms with E-state index in [-0.39, 0.29) is 11.9 Å². The van der Waals surface area contributed by atoms with Crippen molar-refractivity contribution in [1.82, 2.24) is 5.01 Å². The Morgan fingerprint density at radius 3 is 2.48 bits per heavy atom. The zero-order chi connectivity index (χ0) is 21.2. The molecular weight excluding hydrogens is 394 g/mol. The minimum Gasteiger partial charge on any atom is -0.493 e. The number of hydrazone groups is 1. The van der Waals surface area contributed by atoms with E-state index in [9.17, 15) is 13.2 Å².